The van der Waals surface area contributed by atoms with Crippen LogP contribution in [0, 0.1) is 0 Å². The van der Waals surface area contributed by atoms with Gasteiger partial charge in [-0.2, -0.15) is 0 Å². The van der Waals surface area contributed by atoms with Gasteiger partial charge in [-0.15, -0.1) is 0 Å². The van der Waals surface area contributed by atoms with Crippen LogP contribution in [0.2, 0.25) is 0 Å². The van der Waals surface area contributed by atoms with E-state index in [-0.39, 0.29) is 43.6 Å². The highest BCUT2D eigenvalue weighted by molar-refractivity contribution is 7.00. The van der Waals surface area contributed by atoms with Gasteiger partial charge in [-0.25, -0.2) is 0 Å². The Morgan fingerprint density at radius 1 is 0.319 bits per heavy atom. The monoisotopic (exact) mass is 1210 g/mol. The van der Waals surface area contributed by atoms with Crippen LogP contribution in [0.5, 0.6) is 0 Å². The van der Waals surface area contributed by atoms with E-state index in [1.165, 1.54) is 0 Å². The molecule has 0 spiro atoms. The van der Waals surface area contributed by atoms with Crippen molar-refractivity contribution in [3.8, 4) is 28.2 Å². The molecule has 0 N–H and O–H groups in total. The van der Waals surface area contributed by atoms with Crippen LogP contribution < -0.4 is 21.3 Å². The van der Waals surface area contributed by atoms with Crippen molar-refractivity contribution in [3.05, 3.63) is 302 Å². The Kier molecular flexibility index (Phi) is 7.78. The third-order valence-corrected chi connectivity index (χ3v) is 20.1. The summed E-state index contributed by atoms with van der Waals surface area (Å²) >= 11 is 0. The van der Waals surface area contributed by atoms with Crippen molar-refractivity contribution in [2.24, 2.45) is 0 Å². The van der Waals surface area contributed by atoms with Crippen molar-refractivity contribution in [2.45, 2.75) is 26.2 Å². The van der Waals surface area contributed by atoms with E-state index in [4.69, 9.17) is 8.22 Å². The van der Waals surface area contributed by atoms with Gasteiger partial charge < -0.3 is 23.0 Å². The molecule has 7 heterocycles. The van der Waals surface area contributed by atoms with Gasteiger partial charge in [0.1, 0.15) is 0 Å². The van der Waals surface area contributed by atoms with Gasteiger partial charge in [0.25, 0.3) is 6.71 Å². The van der Waals surface area contributed by atoms with Crippen molar-refractivity contribution < 1.29 is 21.9 Å². The predicted octanol–water partition coefficient (Wildman–Crippen LogP) is 21.1. The Morgan fingerprint density at radius 3 is 1.46 bits per heavy atom. The smallest absolute Gasteiger partial charge is 0.252 e. The molecule has 2 aliphatic heterocycles. The van der Waals surface area contributed by atoms with Crippen LogP contribution in [0.25, 0.3) is 153 Å². The molecule has 0 saturated carbocycles. The van der Waals surface area contributed by atoms with E-state index < -0.39 is 109 Å². The summed E-state index contributed by atoms with van der Waals surface area (Å²) in [6.45, 7) is 5.89. The lowest BCUT2D eigenvalue weighted by Gasteiger charge is -2.41. The molecule has 0 radical (unpaired) electrons. The normalized spacial score (nSPS) is 15.4. The van der Waals surface area contributed by atoms with E-state index >= 15 is 0 Å². The third-order valence-electron chi connectivity index (χ3n) is 20.1. The molecular weight excluding hydrogens is 1140 g/mol. The Labute approximate surface area is 564 Å². The molecule has 14 aromatic carbocycles. The molecule has 21 rings (SSSR count). The number of fused-ring (bicyclic) bond motifs is 24. The first-order chi connectivity index (χ1) is 53.0. The van der Waals surface area contributed by atoms with E-state index in [2.05, 4.69) is 186 Å². The van der Waals surface area contributed by atoms with Gasteiger partial charge in [0.15, 0.2) is 0 Å². The molecule has 0 aliphatic carbocycles. The number of nitrogens with zero attached hydrogens (tertiary/aromatic N) is 5. The second-order valence-corrected chi connectivity index (χ2v) is 25.9. The second kappa shape index (κ2) is 18.9. The highest BCUT2D eigenvalue weighted by Crippen LogP contribution is 2.51. The maximum absolute atomic E-state index is 9.77. The van der Waals surface area contributed by atoms with E-state index in [9.17, 15) is 13.7 Å². The summed E-state index contributed by atoms with van der Waals surface area (Å²) in [6, 6.07) is 61.8. The molecule has 0 bridgehead atoms. The Morgan fingerprint density at radius 2 is 0.830 bits per heavy atom. The number of para-hydroxylation sites is 6. The number of hydrogen-bond acceptors (Lipinski definition) is 1. The molecule has 5 nitrogen and oxygen atoms in total. The van der Waals surface area contributed by atoms with Crippen LogP contribution in [-0.2, 0) is 5.41 Å². The van der Waals surface area contributed by atoms with Crippen molar-refractivity contribution in [1.82, 2.24) is 18.1 Å². The summed E-state index contributed by atoms with van der Waals surface area (Å²) in [6.07, 6.45) is 0. The number of aromatic nitrogens is 4. The molecular formula is C88H58BN5. The highest BCUT2D eigenvalue weighted by atomic mass is 15.2. The van der Waals surface area contributed by atoms with Gasteiger partial charge in [-0.3, -0.25) is 0 Å². The topological polar surface area (TPSA) is 22.4 Å². The summed E-state index contributed by atoms with van der Waals surface area (Å²) < 4.78 is 157. The molecule has 94 heavy (non-hydrogen) atoms. The van der Waals surface area contributed by atoms with Gasteiger partial charge >= 0.3 is 0 Å². The van der Waals surface area contributed by atoms with Crippen LogP contribution in [0.15, 0.2) is 297 Å². The first-order valence-corrected chi connectivity index (χ1v) is 31.6. The summed E-state index contributed by atoms with van der Waals surface area (Å²) in [5.74, 6) is 0. The van der Waals surface area contributed by atoms with Gasteiger partial charge in [0.2, 0.25) is 0 Å². The van der Waals surface area contributed by atoms with Crippen molar-refractivity contribution in [1.29, 1.82) is 0 Å². The largest absolute Gasteiger partial charge is 0.311 e. The minimum absolute atomic E-state index is 0.000911. The average molecular weight is 1210 g/mol. The van der Waals surface area contributed by atoms with E-state index in [1.807, 2.05) is 48.5 Å². The van der Waals surface area contributed by atoms with Crippen molar-refractivity contribution in [2.75, 3.05) is 4.90 Å². The number of rotatable bonds is 4. The van der Waals surface area contributed by atoms with Crippen LogP contribution in [0.1, 0.15) is 48.3 Å². The zero-order chi connectivity index (χ0) is 75.7. The maximum Gasteiger partial charge on any atom is 0.252 e. The number of hydrogen-bond donors (Lipinski definition) is 0. The fraction of sp³-hybridized carbons (Fsp3) is 0.0455. The summed E-state index contributed by atoms with van der Waals surface area (Å²) in [5, 5.41) is 9.42. The SMILES string of the molecule is [2H]c1c([2H])c([2H])c2c(c1[2H])c1c([2H])c([2H])c([2H])c([2H])c1n2-c1ccc2c(c1)N(c1ccc(-c3ccccc3)cc1)c1c3c(cc4c1c1cccc5c6ccccc6c6ccccc6c6ccccc6n4c51)-n1c4ccc(-n5c6c([2H])c([2H])c([2H])c([2H])c6c6c([2H])c([2H])c([2H])c([2H])c65)cc4c4cc(C(C)(C)C)cc(c41)B23. The van der Waals surface area contributed by atoms with Crippen LogP contribution in [0.4, 0.5) is 17.1 Å². The van der Waals surface area contributed by atoms with Gasteiger partial charge in [-0.1, -0.05) is 233 Å². The average Bonchev–Trinajstić information content (AvgIpc) is 1.45. The maximum atomic E-state index is 9.77. The van der Waals surface area contributed by atoms with Gasteiger partial charge in [0, 0.05) is 87.8 Å². The second-order valence-electron chi connectivity index (χ2n) is 25.9. The first kappa shape index (κ1) is 38.8. The van der Waals surface area contributed by atoms with Crippen LogP contribution in [0.3, 0.4) is 0 Å². The minimum Gasteiger partial charge on any atom is -0.311 e. The Balaban J connectivity index is 0.990. The van der Waals surface area contributed by atoms with Crippen molar-refractivity contribution >= 4 is 165 Å². The summed E-state index contributed by atoms with van der Waals surface area (Å²) in [4.78, 5) is 2.31. The third kappa shape index (κ3) is 6.93. The Bertz CT molecular complexity index is 7450. The lowest BCUT2D eigenvalue weighted by molar-refractivity contribution is 0.591. The predicted molar refractivity (Wildman–Crippen MR) is 400 cm³/mol. The quantitative estimate of drug-likeness (QED) is 0.161. The zero-order valence-electron chi connectivity index (χ0n) is 66.9. The fourth-order valence-electron chi connectivity index (χ4n) is 16.2. The molecule has 5 aromatic heterocycles. The molecule has 0 atom stereocenters. The lowest BCUT2D eigenvalue weighted by atomic mass is 9.33. The van der Waals surface area contributed by atoms with Crippen LogP contribution in [-0.4, -0.2) is 24.8 Å². The molecule has 2 aliphatic rings. The zero-order valence-corrected chi connectivity index (χ0v) is 50.9. The summed E-state index contributed by atoms with van der Waals surface area (Å²) in [5.41, 5.74) is 13.3. The van der Waals surface area contributed by atoms with E-state index in [1.54, 1.807) is 9.13 Å². The fourth-order valence-corrected chi connectivity index (χ4v) is 16.2. The van der Waals surface area contributed by atoms with E-state index in [0.717, 1.165) is 132 Å². The van der Waals surface area contributed by atoms with Crippen LogP contribution >= 0.6 is 0 Å². The number of anilines is 3. The first-order valence-electron chi connectivity index (χ1n) is 39.6. The molecule has 6 heteroatoms. The molecule has 0 amide bonds. The molecule has 0 unspecified atom stereocenters. The Hall–Kier alpha value is -11.9. The van der Waals surface area contributed by atoms with E-state index in [0.29, 0.717) is 17.1 Å². The molecule has 0 fully saturated rings. The van der Waals surface area contributed by atoms with Gasteiger partial charge in [-0.05, 0) is 145 Å². The number of benzene rings is 14. The molecule has 0 saturated heterocycles. The lowest BCUT2D eigenvalue weighted by Crippen LogP contribution is -2.60. The highest BCUT2D eigenvalue weighted by Gasteiger charge is 2.45. The standard InChI is InChI=1S/C88H58BN5/c1-88(2,3)55-48-71-70-50-57(90-74-35-16-12-29-64(74)65-30-13-17-36-75(65)90)45-47-79(70)94-82-52-81-83(69-34-21-33-68-62-27-10-8-25-60(62)59-24-7-9-26-61(59)63-28-11-20-39-78(63)93(81)85(68)69)87-84(82)89(73(49-55)86(71)94)72-46-44-58(91-76-37-18-14-31-66(76)67-32-15-19-38-77(67)91)51-80(72)92(87)56-42-40-54(41-43-56)53-22-5-4-6-23-53/h4-52H,1-3H3/i12D,13D,14D,15D,16D,17D,18D,19D,29D,30D,31D,32D,35D,36D,37D,38D. The van der Waals surface area contributed by atoms with Crippen molar-refractivity contribution in [3.63, 3.8) is 0 Å². The molecule has 438 valence electrons. The summed E-state index contributed by atoms with van der Waals surface area (Å²) in [7, 11) is 0. The minimum atomic E-state index is -0.619. The van der Waals surface area contributed by atoms with Gasteiger partial charge in [0.05, 0.1) is 71.8 Å². The molecule has 19 aromatic rings.